The van der Waals surface area contributed by atoms with E-state index in [-0.39, 0.29) is 6.04 Å². The van der Waals surface area contributed by atoms with Crippen LogP contribution in [0.2, 0.25) is 0 Å². The average molecular weight is 129 g/mol. The van der Waals surface area contributed by atoms with E-state index in [0.717, 1.165) is 12.3 Å². The number of ether oxygens (including phenoxy) is 1. The second-order valence-corrected chi connectivity index (χ2v) is 1.95. The molecular weight excluding hydrogens is 114 g/mol. The van der Waals surface area contributed by atoms with E-state index >= 15 is 0 Å². The van der Waals surface area contributed by atoms with Crippen LogP contribution >= 0.6 is 0 Å². The lowest BCUT2D eigenvalue weighted by molar-refractivity contribution is 0.259. The summed E-state index contributed by atoms with van der Waals surface area (Å²) < 4.78 is 4.91. The zero-order valence-electron chi connectivity index (χ0n) is 6.40. The van der Waals surface area contributed by atoms with Crippen LogP contribution in [-0.4, -0.2) is 19.7 Å². The Labute approximate surface area is 56.9 Å². The van der Waals surface area contributed by atoms with Crippen LogP contribution in [0.5, 0.6) is 0 Å². The highest BCUT2D eigenvalue weighted by Crippen LogP contribution is 1.96. The second kappa shape index (κ2) is 4.39. The van der Waals surface area contributed by atoms with Crippen molar-refractivity contribution in [1.82, 2.24) is 5.32 Å². The SMILES string of the molecule is C=C(OC)C(C)NCC. The van der Waals surface area contributed by atoms with Gasteiger partial charge in [0, 0.05) is 0 Å². The molecule has 0 fully saturated rings. The summed E-state index contributed by atoms with van der Waals surface area (Å²) in [5.41, 5.74) is 0. The Hall–Kier alpha value is -0.500. The molecule has 2 nitrogen and oxygen atoms in total. The first-order chi connectivity index (χ1) is 4.22. The normalized spacial score (nSPS) is 12.8. The fraction of sp³-hybridized carbons (Fsp3) is 0.714. The minimum Gasteiger partial charge on any atom is -0.500 e. The van der Waals surface area contributed by atoms with Crippen molar-refractivity contribution in [3.05, 3.63) is 12.3 Å². The van der Waals surface area contributed by atoms with E-state index in [1.165, 1.54) is 0 Å². The molecule has 0 heterocycles. The first-order valence-corrected chi connectivity index (χ1v) is 3.18. The molecule has 0 aliphatic rings. The summed E-state index contributed by atoms with van der Waals surface area (Å²) in [6, 6.07) is 0.264. The van der Waals surface area contributed by atoms with Crippen LogP contribution in [0.25, 0.3) is 0 Å². The lowest BCUT2D eigenvalue weighted by Crippen LogP contribution is -2.27. The van der Waals surface area contributed by atoms with Gasteiger partial charge in [-0.2, -0.15) is 0 Å². The fourth-order valence-corrected chi connectivity index (χ4v) is 0.597. The van der Waals surface area contributed by atoms with Crippen molar-refractivity contribution in [2.24, 2.45) is 0 Å². The molecule has 0 aliphatic heterocycles. The highest BCUT2D eigenvalue weighted by Gasteiger charge is 2.01. The number of likely N-dealkylation sites (N-methyl/N-ethyl adjacent to an activating group) is 1. The predicted molar refractivity (Wildman–Crippen MR) is 39.3 cm³/mol. The van der Waals surface area contributed by atoms with Gasteiger partial charge in [-0.25, -0.2) is 0 Å². The van der Waals surface area contributed by atoms with E-state index in [9.17, 15) is 0 Å². The van der Waals surface area contributed by atoms with Gasteiger partial charge < -0.3 is 10.1 Å². The van der Waals surface area contributed by atoms with Gasteiger partial charge in [0.2, 0.25) is 0 Å². The summed E-state index contributed by atoms with van der Waals surface area (Å²) in [5, 5.41) is 3.17. The molecule has 1 unspecified atom stereocenters. The topological polar surface area (TPSA) is 21.3 Å². The third-order valence-corrected chi connectivity index (χ3v) is 1.26. The maximum atomic E-state index is 4.91. The van der Waals surface area contributed by atoms with Crippen LogP contribution in [-0.2, 0) is 4.74 Å². The van der Waals surface area contributed by atoms with Gasteiger partial charge in [-0.1, -0.05) is 13.5 Å². The molecule has 0 spiro atoms. The molecule has 0 saturated carbocycles. The van der Waals surface area contributed by atoms with E-state index < -0.39 is 0 Å². The van der Waals surface area contributed by atoms with E-state index in [4.69, 9.17) is 4.74 Å². The predicted octanol–water partition coefficient (Wildman–Crippen LogP) is 1.14. The van der Waals surface area contributed by atoms with Crippen molar-refractivity contribution in [3.63, 3.8) is 0 Å². The van der Waals surface area contributed by atoms with Gasteiger partial charge in [0.05, 0.1) is 13.2 Å². The molecule has 0 amide bonds. The smallest absolute Gasteiger partial charge is 0.105 e. The van der Waals surface area contributed by atoms with Crippen molar-refractivity contribution in [1.29, 1.82) is 0 Å². The summed E-state index contributed by atoms with van der Waals surface area (Å²) in [4.78, 5) is 0. The lowest BCUT2D eigenvalue weighted by atomic mass is 10.3. The summed E-state index contributed by atoms with van der Waals surface area (Å²) in [7, 11) is 1.64. The van der Waals surface area contributed by atoms with Crippen LogP contribution in [0.15, 0.2) is 12.3 Å². The maximum absolute atomic E-state index is 4.91. The summed E-state index contributed by atoms with van der Waals surface area (Å²) in [5.74, 6) is 0.789. The van der Waals surface area contributed by atoms with E-state index in [1.54, 1.807) is 7.11 Å². The average Bonchev–Trinajstić information content (AvgIpc) is 1.87. The fourth-order valence-electron chi connectivity index (χ4n) is 0.597. The Bertz CT molecular complexity index is 90.9. The Morgan fingerprint density at radius 2 is 2.33 bits per heavy atom. The molecule has 0 saturated heterocycles. The molecular formula is C7H15NO. The Balaban J connectivity index is 3.45. The minimum atomic E-state index is 0.264. The van der Waals surface area contributed by atoms with Crippen molar-refractivity contribution < 1.29 is 4.74 Å². The third-order valence-electron chi connectivity index (χ3n) is 1.26. The molecule has 9 heavy (non-hydrogen) atoms. The van der Waals surface area contributed by atoms with Crippen LogP contribution in [0, 0.1) is 0 Å². The van der Waals surface area contributed by atoms with Crippen molar-refractivity contribution in [2.45, 2.75) is 19.9 Å². The number of methoxy groups -OCH3 is 1. The van der Waals surface area contributed by atoms with Crippen LogP contribution in [0.4, 0.5) is 0 Å². The molecule has 0 rings (SSSR count). The van der Waals surface area contributed by atoms with Gasteiger partial charge in [-0.15, -0.1) is 0 Å². The largest absolute Gasteiger partial charge is 0.500 e. The Kier molecular flexibility index (Phi) is 4.14. The van der Waals surface area contributed by atoms with E-state index in [1.807, 2.05) is 6.92 Å². The number of rotatable bonds is 4. The molecule has 2 heteroatoms. The highest BCUT2D eigenvalue weighted by atomic mass is 16.5. The van der Waals surface area contributed by atoms with E-state index in [2.05, 4.69) is 18.8 Å². The number of hydrogen-bond acceptors (Lipinski definition) is 2. The zero-order chi connectivity index (χ0) is 7.28. The Morgan fingerprint density at radius 1 is 1.78 bits per heavy atom. The van der Waals surface area contributed by atoms with Gasteiger partial charge in [-0.3, -0.25) is 0 Å². The van der Waals surface area contributed by atoms with Crippen LogP contribution < -0.4 is 5.32 Å². The zero-order valence-corrected chi connectivity index (χ0v) is 6.40. The van der Waals surface area contributed by atoms with Crippen molar-refractivity contribution in [2.75, 3.05) is 13.7 Å². The number of nitrogens with one attached hydrogen (secondary N) is 1. The molecule has 1 atom stereocenters. The van der Waals surface area contributed by atoms with Gasteiger partial charge in [0.15, 0.2) is 0 Å². The van der Waals surface area contributed by atoms with E-state index in [0.29, 0.717) is 0 Å². The maximum Gasteiger partial charge on any atom is 0.105 e. The molecule has 0 bridgehead atoms. The first-order valence-electron chi connectivity index (χ1n) is 3.18. The quantitative estimate of drug-likeness (QED) is 0.575. The molecule has 0 aliphatic carbocycles. The summed E-state index contributed by atoms with van der Waals surface area (Å²) >= 11 is 0. The first kappa shape index (κ1) is 8.50. The van der Waals surface area contributed by atoms with Crippen LogP contribution in [0.3, 0.4) is 0 Å². The van der Waals surface area contributed by atoms with Crippen molar-refractivity contribution >= 4 is 0 Å². The molecule has 0 radical (unpaired) electrons. The second-order valence-electron chi connectivity index (χ2n) is 1.95. The third kappa shape index (κ3) is 3.14. The van der Waals surface area contributed by atoms with Gasteiger partial charge >= 0.3 is 0 Å². The summed E-state index contributed by atoms with van der Waals surface area (Å²) in [6.07, 6.45) is 0. The molecule has 1 N–H and O–H groups in total. The standard InChI is InChI=1S/C7H15NO/c1-5-8-6(2)7(3)9-4/h6,8H,3,5H2,1-2,4H3. The molecule has 0 aromatic carbocycles. The van der Waals surface area contributed by atoms with Crippen LogP contribution in [0.1, 0.15) is 13.8 Å². The molecule has 54 valence electrons. The molecule has 0 aromatic rings. The minimum absolute atomic E-state index is 0.264. The number of hydrogen-bond donors (Lipinski definition) is 1. The monoisotopic (exact) mass is 129 g/mol. The van der Waals surface area contributed by atoms with Crippen molar-refractivity contribution in [3.8, 4) is 0 Å². The lowest BCUT2D eigenvalue weighted by Gasteiger charge is -2.13. The highest BCUT2D eigenvalue weighted by molar-refractivity contribution is 4.93. The van der Waals surface area contributed by atoms with Gasteiger partial charge in [-0.05, 0) is 13.5 Å². The van der Waals surface area contributed by atoms with Gasteiger partial charge in [0.1, 0.15) is 5.76 Å². The molecule has 0 aromatic heterocycles. The summed E-state index contributed by atoms with van der Waals surface area (Å²) in [6.45, 7) is 8.73. The van der Waals surface area contributed by atoms with Gasteiger partial charge in [0.25, 0.3) is 0 Å². The Morgan fingerprint density at radius 3 is 2.67 bits per heavy atom.